The van der Waals surface area contributed by atoms with Crippen molar-refractivity contribution in [1.82, 2.24) is 25.3 Å². The quantitative estimate of drug-likeness (QED) is 0.476. The number of aliphatic hydroxyl groups excluding tert-OH is 1. The number of aromatic nitrogens is 4. The summed E-state index contributed by atoms with van der Waals surface area (Å²) in [5.41, 5.74) is 2.68. The summed E-state index contributed by atoms with van der Waals surface area (Å²) in [7, 11) is 0. The lowest BCUT2D eigenvalue weighted by molar-refractivity contribution is -0.153. The molecule has 1 aromatic carbocycles. The molecule has 11 heteroatoms. The van der Waals surface area contributed by atoms with Gasteiger partial charge in [-0.25, -0.2) is 4.68 Å². The molecule has 2 aromatic heterocycles. The van der Waals surface area contributed by atoms with Gasteiger partial charge in [0.25, 0.3) is 0 Å². The first kappa shape index (κ1) is 26.1. The van der Waals surface area contributed by atoms with Crippen molar-refractivity contribution in [2.75, 3.05) is 13.2 Å². The Morgan fingerprint density at radius 3 is 2.40 bits per heavy atom. The average Bonchev–Trinajstić information content (AvgIpc) is 3.24. The summed E-state index contributed by atoms with van der Waals surface area (Å²) in [4.78, 5) is 17.1. The molecule has 1 unspecified atom stereocenters. The van der Waals surface area contributed by atoms with Crippen LogP contribution in [0.1, 0.15) is 49.3 Å². The Balaban J connectivity index is 1.77. The highest BCUT2D eigenvalue weighted by Gasteiger charge is 2.28. The highest BCUT2D eigenvalue weighted by molar-refractivity contribution is 5.79. The minimum Gasteiger partial charge on any atom is -0.483 e. The van der Waals surface area contributed by atoms with E-state index in [1.807, 2.05) is 24.3 Å². The van der Waals surface area contributed by atoms with Crippen molar-refractivity contribution in [3.63, 3.8) is 0 Å². The molecule has 188 valence electrons. The molecule has 0 saturated heterocycles. The van der Waals surface area contributed by atoms with Crippen LogP contribution in [0.15, 0.2) is 48.8 Å². The van der Waals surface area contributed by atoms with E-state index >= 15 is 0 Å². The van der Waals surface area contributed by atoms with Crippen LogP contribution < -0.4 is 10.1 Å². The summed E-state index contributed by atoms with van der Waals surface area (Å²) >= 11 is 0. The fraction of sp³-hybridized carbons (Fsp3) is 0.417. The largest absolute Gasteiger partial charge is 0.483 e. The van der Waals surface area contributed by atoms with E-state index in [0.717, 1.165) is 17.3 Å². The van der Waals surface area contributed by atoms with E-state index in [2.05, 4.69) is 41.4 Å². The van der Waals surface area contributed by atoms with Gasteiger partial charge in [-0.2, -0.15) is 13.2 Å². The van der Waals surface area contributed by atoms with Crippen LogP contribution in [0.25, 0.3) is 0 Å². The first-order valence-electron chi connectivity index (χ1n) is 11.0. The van der Waals surface area contributed by atoms with Gasteiger partial charge in [0, 0.05) is 0 Å². The maximum Gasteiger partial charge on any atom is 0.422 e. The van der Waals surface area contributed by atoms with Crippen LogP contribution in [-0.2, 0) is 23.2 Å². The Bertz CT molecular complexity index is 1110. The molecule has 2 heterocycles. The van der Waals surface area contributed by atoms with E-state index in [-0.39, 0.29) is 36.6 Å². The van der Waals surface area contributed by atoms with Crippen LogP contribution in [0.3, 0.4) is 0 Å². The van der Waals surface area contributed by atoms with Crippen molar-refractivity contribution in [1.29, 1.82) is 0 Å². The van der Waals surface area contributed by atoms with Crippen molar-refractivity contribution in [2.24, 2.45) is 0 Å². The minimum absolute atomic E-state index is 0.00603. The third kappa shape index (κ3) is 7.78. The molecule has 8 nitrogen and oxygen atoms in total. The summed E-state index contributed by atoms with van der Waals surface area (Å²) < 4.78 is 43.4. The molecule has 1 atom stereocenters. The van der Waals surface area contributed by atoms with Crippen LogP contribution in [-0.4, -0.2) is 50.4 Å². The third-order valence-electron chi connectivity index (χ3n) is 5.13. The zero-order valence-corrected chi connectivity index (χ0v) is 19.7. The Labute approximate surface area is 201 Å². The van der Waals surface area contributed by atoms with E-state index in [1.165, 1.54) is 16.8 Å². The molecular formula is C24H28F3N5O3. The first-order valence-corrected chi connectivity index (χ1v) is 11.0. The lowest BCUT2D eigenvalue weighted by Gasteiger charge is -2.19. The van der Waals surface area contributed by atoms with Crippen molar-refractivity contribution < 1.29 is 27.8 Å². The predicted molar refractivity (Wildman–Crippen MR) is 122 cm³/mol. The van der Waals surface area contributed by atoms with Crippen LogP contribution in [0.4, 0.5) is 13.2 Å². The number of hydrogen-bond donors (Lipinski definition) is 2. The average molecular weight is 492 g/mol. The van der Waals surface area contributed by atoms with Gasteiger partial charge >= 0.3 is 6.18 Å². The molecule has 0 aliphatic heterocycles. The monoisotopic (exact) mass is 491 g/mol. The fourth-order valence-electron chi connectivity index (χ4n) is 3.29. The maximum atomic E-state index is 12.9. The van der Waals surface area contributed by atoms with Gasteiger partial charge in [0.15, 0.2) is 6.61 Å². The standard InChI is InChI=1S/C24H28F3N5O3/c1-23(2,3)17-6-4-16(5-7-17)12-21(34)29-22(20-14-32(10-11-33)31-30-20)19-9-8-18(13-28-19)35-15-24(25,26)27/h4-9,13-14,22,33H,10-12,15H2,1-3H3,(H,29,34). The van der Waals surface area contributed by atoms with Gasteiger partial charge in [-0.3, -0.25) is 9.78 Å². The molecule has 0 spiro atoms. The zero-order valence-electron chi connectivity index (χ0n) is 19.7. The lowest BCUT2D eigenvalue weighted by atomic mass is 9.86. The smallest absolute Gasteiger partial charge is 0.422 e. The van der Waals surface area contributed by atoms with Crippen molar-refractivity contribution in [3.8, 4) is 5.75 Å². The normalized spacial score (nSPS) is 12.9. The number of benzene rings is 1. The molecule has 0 saturated carbocycles. The molecule has 3 rings (SSSR count). The molecule has 0 aliphatic carbocycles. The Kier molecular flexibility index (Phi) is 8.11. The van der Waals surface area contributed by atoms with E-state index < -0.39 is 18.8 Å². The highest BCUT2D eigenvalue weighted by atomic mass is 19.4. The number of nitrogens with one attached hydrogen (secondary N) is 1. The second kappa shape index (κ2) is 10.9. The molecule has 0 aliphatic rings. The van der Waals surface area contributed by atoms with Crippen molar-refractivity contribution in [3.05, 3.63) is 71.3 Å². The SMILES string of the molecule is CC(C)(C)c1ccc(CC(=O)NC(c2ccc(OCC(F)(F)F)cn2)c2cn(CCO)nn2)cc1. The van der Waals surface area contributed by atoms with Crippen LogP contribution >= 0.6 is 0 Å². The van der Waals surface area contributed by atoms with Crippen molar-refractivity contribution >= 4 is 5.91 Å². The van der Waals surface area contributed by atoms with E-state index in [9.17, 15) is 18.0 Å². The zero-order chi connectivity index (χ0) is 25.6. The maximum absolute atomic E-state index is 12.9. The van der Waals surface area contributed by atoms with Gasteiger partial charge in [-0.15, -0.1) is 5.10 Å². The fourth-order valence-corrected chi connectivity index (χ4v) is 3.29. The summed E-state index contributed by atoms with van der Waals surface area (Å²) in [5, 5.41) is 20.0. The number of alkyl halides is 3. The lowest BCUT2D eigenvalue weighted by Crippen LogP contribution is -2.31. The number of aliphatic hydroxyl groups is 1. The number of amides is 1. The molecule has 1 amide bonds. The van der Waals surface area contributed by atoms with Crippen LogP contribution in [0, 0.1) is 0 Å². The Morgan fingerprint density at radius 1 is 1.11 bits per heavy atom. The first-order chi connectivity index (χ1) is 16.4. The number of rotatable bonds is 9. The number of nitrogens with zero attached hydrogens (tertiary/aromatic N) is 4. The summed E-state index contributed by atoms with van der Waals surface area (Å²) in [6.45, 7) is 4.96. The Morgan fingerprint density at radius 2 is 1.83 bits per heavy atom. The summed E-state index contributed by atoms with van der Waals surface area (Å²) in [5.74, 6) is -0.353. The van der Waals surface area contributed by atoms with Gasteiger partial charge in [0.2, 0.25) is 5.91 Å². The summed E-state index contributed by atoms with van der Waals surface area (Å²) in [6.07, 6.45) is -1.64. The number of carbonyl (C=O) groups is 1. The molecule has 35 heavy (non-hydrogen) atoms. The molecule has 0 radical (unpaired) electrons. The highest BCUT2D eigenvalue weighted by Crippen LogP contribution is 2.24. The molecule has 0 fully saturated rings. The summed E-state index contributed by atoms with van der Waals surface area (Å²) in [6, 6.07) is 9.77. The van der Waals surface area contributed by atoms with Gasteiger partial charge in [0.05, 0.1) is 37.7 Å². The van der Waals surface area contributed by atoms with Crippen LogP contribution in [0.5, 0.6) is 5.75 Å². The van der Waals surface area contributed by atoms with Gasteiger partial charge in [0.1, 0.15) is 17.5 Å². The van der Waals surface area contributed by atoms with E-state index in [1.54, 1.807) is 6.20 Å². The minimum atomic E-state index is -4.47. The van der Waals surface area contributed by atoms with Gasteiger partial charge < -0.3 is 15.2 Å². The molecule has 3 aromatic rings. The van der Waals surface area contributed by atoms with E-state index in [4.69, 9.17) is 9.84 Å². The van der Waals surface area contributed by atoms with Gasteiger partial charge in [-0.05, 0) is 28.7 Å². The second-order valence-electron chi connectivity index (χ2n) is 9.08. The Hall–Kier alpha value is -3.47. The number of pyridine rings is 1. The molecule has 0 bridgehead atoms. The van der Waals surface area contributed by atoms with E-state index in [0.29, 0.717) is 11.4 Å². The third-order valence-corrected chi connectivity index (χ3v) is 5.13. The van der Waals surface area contributed by atoms with Crippen LogP contribution in [0.2, 0.25) is 0 Å². The number of halogens is 3. The van der Waals surface area contributed by atoms with Crippen molar-refractivity contribution in [2.45, 2.75) is 51.4 Å². The van der Waals surface area contributed by atoms with Gasteiger partial charge in [-0.1, -0.05) is 50.3 Å². The second-order valence-corrected chi connectivity index (χ2v) is 9.08. The number of ether oxygens (including phenoxy) is 1. The number of hydrogen-bond acceptors (Lipinski definition) is 6. The number of carbonyl (C=O) groups excluding carboxylic acids is 1. The molecule has 2 N–H and O–H groups in total. The molecular weight excluding hydrogens is 463 g/mol. The topological polar surface area (TPSA) is 102 Å². The predicted octanol–water partition coefficient (Wildman–Crippen LogP) is 3.35.